The summed E-state index contributed by atoms with van der Waals surface area (Å²) in [5.41, 5.74) is 1.14. The normalized spacial score (nSPS) is 21.5. The molecule has 0 aliphatic carbocycles. The molecular weight excluding hydrogens is 244 g/mol. The van der Waals surface area contributed by atoms with Crippen molar-refractivity contribution in [1.82, 2.24) is 0 Å². The van der Waals surface area contributed by atoms with Gasteiger partial charge < -0.3 is 14.2 Å². The van der Waals surface area contributed by atoms with E-state index in [0.29, 0.717) is 19.8 Å². The Morgan fingerprint density at radius 2 is 2.16 bits per heavy atom. The Kier molecular flexibility index (Phi) is 5.12. The molecule has 0 saturated carbocycles. The number of benzene rings is 1. The predicted octanol–water partition coefficient (Wildman–Crippen LogP) is 2.09. The van der Waals surface area contributed by atoms with Gasteiger partial charge in [-0.25, -0.2) is 4.79 Å². The van der Waals surface area contributed by atoms with E-state index < -0.39 is 0 Å². The minimum atomic E-state index is -0.332. The Morgan fingerprint density at radius 1 is 1.37 bits per heavy atom. The molecule has 0 bridgehead atoms. The molecule has 1 aliphatic rings. The number of rotatable bonds is 7. The highest BCUT2D eigenvalue weighted by Crippen LogP contribution is 2.23. The van der Waals surface area contributed by atoms with Gasteiger partial charge >= 0.3 is 5.97 Å². The zero-order chi connectivity index (χ0) is 13.5. The smallest absolute Gasteiger partial charge is 0.330 e. The van der Waals surface area contributed by atoms with Crippen LogP contribution in [0.4, 0.5) is 0 Å². The molecule has 2 atom stereocenters. The fourth-order valence-corrected chi connectivity index (χ4v) is 1.69. The van der Waals surface area contributed by atoms with Crippen LogP contribution in [0.3, 0.4) is 0 Å². The third-order valence-corrected chi connectivity index (χ3v) is 2.72. The van der Waals surface area contributed by atoms with Crippen molar-refractivity contribution < 1.29 is 19.0 Å². The lowest BCUT2D eigenvalue weighted by Crippen LogP contribution is -2.05. The number of hydrogen-bond acceptors (Lipinski definition) is 4. The summed E-state index contributed by atoms with van der Waals surface area (Å²) >= 11 is 0. The van der Waals surface area contributed by atoms with Crippen molar-refractivity contribution in [2.45, 2.75) is 25.7 Å². The Morgan fingerprint density at radius 3 is 2.89 bits per heavy atom. The second kappa shape index (κ2) is 7.07. The fourth-order valence-electron chi connectivity index (χ4n) is 1.69. The molecule has 0 radical (unpaired) electrons. The van der Waals surface area contributed by atoms with E-state index >= 15 is 0 Å². The third-order valence-electron chi connectivity index (χ3n) is 2.72. The molecule has 1 aromatic carbocycles. The van der Waals surface area contributed by atoms with Crippen LogP contribution in [-0.4, -0.2) is 31.4 Å². The summed E-state index contributed by atoms with van der Waals surface area (Å²) in [6.45, 7) is 3.28. The van der Waals surface area contributed by atoms with Crippen molar-refractivity contribution in [2.24, 2.45) is 0 Å². The lowest BCUT2D eigenvalue weighted by atomic mass is 10.2. The van der Waals surface area contributed by atoms with Crippen LogP contribution in [0.1, 0.15) is 12.5 Å². The Bertz CT molecular complexity index is 427. The van der Waals surface area contributed by atoms with Gasteiger partial charge in [0, 0.05) is 6.08 Å². The fraction of sp³-hybridized carbons (Fsp3) is 0.400. The van der Waals surface area contributed by atoms with Crippen LogP contribution in [0.5, 0.6) is 0 Å². The SMILES string of the molecule is CCOC(=O)/C=C/[C@@H]1O[C@@H]1COCc1ccccc1. The van der Waals surface area contributed by atoms with E-state index in [1.807, 2.05) is 30.3 Å². The molecule has 0 unspecified atom stereocenters. The van der Waals surface area contributed by atoms with Crippen LogP contribution >= 0.6 is 0 Å². The number of carbonyl (C=O) groups is 1. The summed E-state index contributed by atoms with van der Waals surface area (Å²) in [5, 5.41) is 0. The average Bonchev–Trinajstić information content (AvgIpc) is 3.17. The van der Waals surface area contributed by atoms with Crippen molar-refractivity contribution >= 4 is 5.97 Å². The number of epoxide rings is 1. The van der Waals surface area contributed by atoms with Gasteiger partial charge in [0.1, 0.15) is 12.2 Å². The van der Waals surface area contributed by atoms with Crippen LogP contribution in [0.15, 0.2) is 42.5 Å². The van der Waals surface area contributed by atoms with Crippen LogP contribution in [0.2, 0.25) is 0 Å². The van der Waals surface area contributed by atoms with Crippen LogP contribution in [0, 0.1) is 0 Å². The van der Waals surface area contributed by atoms with Gasteiger partial charge in [0.25, 0.3) is 0 Å². The molecule has 0 amide bonds. The molecule has 1 aromatic rings. The molecule has 0 N–H and O–H groups in total. The number of ether oxygens (including phenoxy) is 3. The molecule has 4 heteroatoms. The van der Waals surface area contributed by atoms with Gasteiger partial charge in [-0.1, -0.05) is 30.3 Å². The molecular formula is C15H18O4. The lowest BCUT2D eigenvalue weighted by molar-refractivity contribution is -0.137. The molecule has 4 nitrogen and oxygen atoms in total. The molecule has 19 heavy (non-hydrogen) atoms. The quantitative estimate of drug-likeness (QED) is 0.429. The summed E-state index contributed by atoms with van der Waals surface area (Å²) in [6, 6.07) is 9.98. The highest BCUT2D eigenvalue weighted by atomic mass is 16.6. The van der Waals surface area contributed by atoms with Crippen molar-refractivity contribution in [3.63, 3.8) is 0 Å². The van der Waals surface area contributed by atoms with Crippen LogP contribution < -0.4 is 0 Å². The lowest BCUT2D eigenvalue weighted by Gasteiger charge is -2.01. The summed E-state index contributed by atoms with van der Waals surface area (Å²) in [4.78, 5) is 11.1. The van der Waals surface area contributed by atoms with Gasteiger partial charge in [-0.05, 0) is 18.6 Å². The first-order valence-corrected chi connectivity index (χ1v) is 6.41. The largest absolute Gasteiger partial charge is 0.463 e. The summed E-state index contributed by atoms with van der Waals surface area (Å²) < 4.78 is 15.7. The van der Waals surface area contributed by atoms with Crippen molar-refractivity contribution in [2.75, 3.05) is 13.2 Å². The van der Waals surface area contributed by atoms with Gasteiger partial charge in [-0.3, -0.25) is 0 Å². The standard InChI is InChI=1S/C15H18O4/c1-2-18-15(16)9-8-13-14(19-13)11-17-10-12-6-4-3-5-7-12/h3-9,13-14H,2,10-11H2,1H3/b9-8+/t13-,14+/m0/s1. The first kappa shape index (κ1) is 13.8. The van der Waals surface area contributed by atoms with E-state index in [-0.39, 0.29) is 18.2 Å². The van der Waals surface area contributed by atoms with E-state index in [2.05, 4.69) is 0 Å². The van der Waals surface area contributed by atoms with Crippen molar-refractivity contribution in [3.8, 4) is 0 Å². The van der Waals surface area contributed by atoms with E-state index in [9.17, 15) is 4.79 Å². The van der Waals surface area contributed by atoms with Gasteiger partial charge in [0.2, 0.25) is 0 Å². The molecule has 1 aliphatic heterocycles. The second-order valence-electron chi connectivity index (χ2n) is 4.25. The van der Waals surface area contributed by atoms with Gasteiger partial charge in [0.15, 0.2) is 0 Å². The number of hydrogen-bond donors (Lipinski definition) is 0. The Hall–Kier alpha value is -1.65. The maximum absolute atomic E-state index is 11.1. The molecule has 102 valence electrons. The minimum absolute atomic E-state index is 0.0276. The van der Waals surface area contributed by atoms with Crippen LogP contribution in [0.25, 0.3) is 0 Å². The molecule has 0 aromatic heterocycles. The zero-order valence-corrected chi connectivity index (χ0v) is 11.0. The maximum Gasteiger partial charge on any atom is 0.330 e. The molecule has 1 fully saturated rings. The van der Waals surface area contributed by atoms with Crippen molar-refractivity contribution in [1.29, 1.82) is 0 Å². The molecule has 2 rings (SSSR count). The number of esters is 1. The topological polar surface area (TPSA) is 48.1 Å². The first-order valence-electron chi connectivity index (χ1n) is 6.41. The van der Waals surface area contributed by atoms with Gasteiger partial charge in [0.05, 0.1) is 19.8 Å². The summed E-state index contributed by atoms with van der Waals surface area (Å²) in [7, 11) is 0. The van der Waals surface area contributed by atoms with E-state index in [1.165, 1.54) is 6.08 Å². The highest BCUT2D eigenvalue weighted by Gasteiger charge is 2.36. The summed E-state index contributed by atoms with van der Waals surface area (Å²) in [6.07, 6.45) is 3.15. The Balaban J connectivity index is 1.61. The minimum Gasteiger partial charge on any atom is -0.463 e. The monoisotopic (exact) mass is 262 g/mol. The molecule has 0 spiro atoms. The van der Waals surface area contributed by atoms with Crippen LogP contribution in [-0.2, 0) is 25.6 Å². The maximum atomic E-state index is 11.1. The Labute approximate surface area is 113 Å². The van der Waals surface area contributed by atoms with E-state index in [0.717, 1.165) is 5.56 Å². The molecule has 1 saturated heterocycles. The third kappa shape index (κ3) is 4.85. The van der Waals surface area contributed by atoms with Crippen molar-refractivity contribution in [3.05, 3.63) is 48.0 Å². The molecule has 1 heterocycles. The average molecular weight is 262 g/mol. The number of carbonyl (C=O) groups excluding carboxylic acids is 1. The zero-order valence-electron chi connectivity index (χ0n) is 11.0. The highest BCUT2D eigenvalue weighted by molar-refractivity contribution is 5.82. The predicted molar refractivity (Wildman–Crippen MR) is 70.5 cm³/mol. The first-order chi connectivity index (χ1) is 9.29. The van der Waals surface area contributed by atoms with E-state index in [4.69, 9.17) is 14.2 Å². The van der Waals surface area contributed by atoms with Gasteiger partial charge in [-0.15, -0.1) is 0 Å². The van der Waals surface area contributed by atoms with E-state index in [1.54, 1.807) is 13.0 Å². The second-order valence-corrected chi connectivity index (χ2v) is 4.25. The van der Waals surface area contributed by atoms with Gasteiger partial charge in [-0.2, -0.15) is 0 Å². The summed E-state index contributed by atoms with van der Waals surface area (Å²) in [5.74, 6) is -0.332.